The second-order valence-corrected chi connectivity index (χ2v) is 8.13. The van der Waals surface area contributed by atoms with Gasteiger partial charge in [0.25, 0.3) is 5.91 Å². The van der Waals surface area contributed by atoms with Gasteiger partial charge >= 0.3 is 0 Å². The summed E-state index contributed by atoms with van der Waals surface area (Å²) >= 11 is 0. The molecule has 2 N–H and O–H groups in total. The number of quaternary nitrogens is 1. The summed E-state index contributed by atoms with van der Waals surface area (Å²) in [4.78, 5) is 14.5. The van der Waals surface area contributed by atoms with Gasteiger partial charge in [-0.3, -0.25) is 4.79 Å². The molecule has 3 aromatic rings. The van der Waals surface area contributed by atoms with Crippen LogP contribution >= 0.6 is 0 Å². The van der Waals surface area contributed by atoms with E-state index < -0.39 is 0 Å². The number of amides is 1. The quantitative estimate of drug-likeness (QED) is 0.640. The van der Waals surface area contributed by atoms with Gasteiger partial charge in [-0.25, -0.2) is 4.39 Å². The zero-order valence-corrected chi connectivity index (χ0v) is 17.1. The molecule has 1 heterocycles. The van der Waals surface area contributed by atoms with Crippen molar-refractivity contribution < 1.29 is 14.1 Å². The van der Waals surface area contributed by atoms with Crippen molar-refractivity contribution in [2.45, 2.75) is 25.3 Å². The number of carbonyl (C=O) groups excluding carboxylic acids is 1. The van der Waals surface area contributed by atoms with Crippen molar-refractivity contribution in [2.75, 3.05) is 18.4 Å². The fourth-order valence-electron chi connectivity index (χ4n) is 4.45. The van der Waals surface area contributed by atoms with E-state index in [1.54, 1.807) is 12.1 Å². The second kappa shape index (κ2) is 9.68. The number of piperidine rings is 1. The Morgan fingerprint density at radius 1 is 0.900 bits per heavy atom. The van der Waals surface area contributed by atoms with Gasteiger partial charge in [0.05, 0.1) is 13.1 Å². The van der Waals surface area contributed by atoms with Crippen LogP contribution in [0.5, 0.6) is 0 Å². The molecule has 4 rings (SSSR count). The lowest BCUT2D eigenvalue weighted by molar-refractivity contribution is -0.927. The molecule has 1 aliphatic heterocycles. The molecule has 1 atom stereocenters. The van der Waals surface area contributed by atoms with Gasteiger partial charge in [-0.2, -0.15) is 0 Å². The van der Waals surface area contributed by atoms with E-state index in [2.05, 4.69) is 35.6 Å². The Labute approximate surface area is 177 Å². The van der Waals surface area contributed by atoms with Gasteiger partial charge in [0.1, 0.15) is 5.82 Å². The molecular formula is C26H28FN2O+. The fraction of sp³-hybridized carbons (Fsp3) is 0.269. The van der Waals surface area contributed by atoms with Gasteiger partial charge in [0, 0.05) is 11.3 Å². The van der Waals surface area contributed by atoms with E-state index in [1.165, 1.54) is 22.6 Å². The number of nitrogens with one attached hydrogen (secondary N) is 2. The van der Waals surface area contributed by atoms with Crippen LogP contribution in [0.2, 0.25) is 0 Å². The molecule has 1 amide bonds. The van der Waals surface area contributed by atoms with Crippen molar-refractivity contribution in [3.8, 4) is 0 Å². The fourth-order valence-corrected chi connectivity index (χ4v) is 4.45. The Morgan fingerprint density at radius 3 is 2.13 bits per heavy atom. The van der Waals surface area contributed by atoms with Crippen molar-refractivity contribution in [3.05, 3.63) is 102 Å². The van der Waals surface area contributed by atoms with Crippen LogP contribution in [0.4, 0.5) is 10.1 Å². The molecule has 0 unspecified atom stereocenters. The summed E-state index contributed by atoms with van der Waals surface area (Å²) in [5.41, 5.74) is 3.04. The lowest BCUT2D eigenvalue weighted by Crippen LogP contribution is -3.14. The summed E-state index contributed by atoms with van der Waals surface area (Å²) in [7, 11) is 0. The van der Waals surface area contributed by atoms with Crippen LogP contribution in [-0.2, 0) is 11.2 Å². The zero-order chi connectivity index (χ0) is 20.8. The van der Waals surface area contributed by atoms with Crippen LogP contribution in [0, 0.1) is 11.7 Å². The maximum absolute atomic E-state index is 13.2. The molecule has 0 bridgehead atoms. The predicted molar refractivity (Wildman–Crippen MR) is 118 cm³/mol. The van der Waals surface area contributed by atoms with E-state index in [0.29, 0.717) is 11.6 Å². The first kappa shape index (κ1) is 20.3. The Balaban J connectivity index is 1.45. The van der Waals surface area contributed by atoms with Crippen LogP contribution in [0.1, 0.15) is 30.0 Å². The predicted octanol–water partition coefficient (Wildman–Crippen LogP) is 4.04. The number of anilines is 1. The molecule has 0 saturated carbocycles. The first-order valence-electron chi connectivity index (χ1n) is 10.7. The lowest BCUT2D eigenvalue weighted by atomic mass is 9.89. The van der Waals surface area contributed by atoms with Crippen molar-refractivity contribution >= 4 is 11.6 Å². The highest BCUT2D eigenvalue weighted by Crippen LogP contribution is 2.20. The molecule has 3 aromatic carbocycles. The third kappa shape index (κ3) is 5.14. The standard InChI is InChI=1S/C26H27FN2O/c27-23-11-13-24(14-12-23)28-26(30)25(22-9-5-2-6-10-22)29-17-15-21(16-18-29)19-20-7-3-1-4-8-20/h1-14,21,25H,15-19H2,(H,28,30)/p+1/t25-/m0/s1. The monoisotopic (exact) mass is 403 g/mol. The third-order valence-corrected chi connectivity index (χ3v) is 6.03. The van der Waals surface area contributed by atoms with Crippen LogP contribution < -0.4 is 10.2 Å². The van der Waals surface area contributed by atoms with E-state index in [4.69, 9.17) is 0 Å². The Hall–Kier alpha value is -2.98. The van der Waals surface area contributed by atoms with Gasteiger partial charge < -0.3 is 10.2 Å². The van der Waals surface area contributed by atoms with Crippen LogP contribution in [0.3, 0.4) is 0 Å². The maximum atomic E-state index is 13.2. The van der Waals surface area contributed by atoms with E-state index in [1.807, 2.05) is 30.3 Å². The molecule has 1 aliphatic rings. The van der Waals surface area contributed by atoms with Crippen LogP contribution in [-0.4, -0.2) is 19.0 Å². The largest absolute Gasteiger partial charge is 0.321 e. The number of hydrogen-bond donors (Lipinski definition) is 2. The van der Waals surface area contributed by atoms with E-state index in [-0.39, 0.29) is 17.8 Å². The molecule has 3 nitrogen and oxygen atoms in total. The maximum Gasteiger partial charge on any atom is 0.287 e. The number of rotatable bonds is 6. The normalized spacial score (nSPS) is 19.8. The first-order valence-corrected chi connectivity index (χ1v) is 10.7. The SMILES string of the molecule is O=C(Nc1ccc(F)cc1)[C@H](c1ccccc1)[NH+]1CCC(Cc2ccccc2)CC1. The molecule has 0 aromatic heterocycles. The highest BCUT2D eigenvalue weighted by Gasteiger charge is 2.34. The van der Waals surface area contributed by atoms with Gasteiger partial charge in [-0.15, -0.1) is 0 Å². The van der Waals surface area contributed by atoms with Crippen molar-refractivity contribution in [2.24, 2.45) is 5.92 Å². The summed E-state index contributed by atoms with van der Waals surface area (Å²) in [6, 6.07) is 26.3. The van der Waals surface area contributed by atoms with Crippen LogP contribution in [0.15, 0.2) is 84.9 Å². The minimum atomic E-state index is -0.307. The Bertz CT molecular complexity index is 936. The van der Waals surface area contributed by atoms with Crippen molar-refractivity contribution in [1.29, 1.82) is 0 Å². The molecule has 1 saturated heterocycles. The van der Waals surface area contributed by atoms with Gasteiger partial charge in [-0.1, -0.05) is 60.7 Å². The number of hydrogen-bond acceptors (Lipinski definition) is 1. The molecule has 4 heteroatoms. The first-order chi connectivity index (χ1) is 14.7. The Kier molecular flexibility index (Phi) is 6.55. The molecule has 154 valence electrons. The summed E-state index contributed by atoms with van der Waals surface area (Å²) in [5.74, 6) is 0.316. The summed E-state index contributed by atoms with van der Waals surface area (Å²) < 4.78 is 13.2. The topological polar surface area (TPSA) is 33.5 Å². The van der Waals surface area contributed by atoms with E-state index in [9.17, 15) is 9.18 Å². The summed E-state index contributed by atoms with van der Waals surface area (Å²) in [5, 5.41) is 2.99. The molecule has 0 spiro atoms. The van der Waals surface area contributed by atoms with Crippen LogP contribution in [0.25, 0.3) is 0 Å². The minimum absolute atomic E-state index is 0.0377. The third-order valence-electron chi connectivity index (χ3n) is 6.03. The average Bonchev–Trinajstić information content (AvgIpc) is 2.78. The number of likely N-dealkylation sites (tertiary alicyclic amines) is 1. The van der Waals surface area contributed by atoms with Gasteiger partial charge in [0.15, 0.2) is 6.04 Å². The molecule has 0 radical (unpaired) electrons. The Morgan fingerprint density at radius 2 is 1.50 bits per heavy atom. The highest BCUT2D eigenvalue weighted by atomic mass is 19.1. The number of halogens is 1. The van der Waals surface area contributed by atoms with Crippen molar-refractivity contribution in [3.63, 3.8) is 0 Å². The van der Waals surface area contributed by atoms with Gasteiger partial charge in [-0.05, 0) is 55.0 Å². The number of carbonyl (C=O) groups is 1. The summed E-state index contributed by atoms with van der Waals surface area (Å²) in [6.07, 6.45) is 3.32. The average molecular weight is 404 g/mol. The zero-order valence-electron chi connectivity index (χ0n) is 17.1. The van der Waals surface area contributed by atoms with Gasteiger partial charge in [0.2, 0.25) is 0 Å². The molecule has 0 aliphatic carbocycles. The number of benzene rings is 3. The smallest absolute Gasteiger partial charge is 0.287 e. The van der Waals surface area contributed by atoms with E-state index in [0.717, 1.165) is 37.9 Å². The molecular weight excluding hydrogens is 375 g/mol. The summed E-state index contributed by atoms with van der Waals surface area (Å²) in [6.45, 7) is 1.93. The lowest BCUT2D eigenvalue weighted by Gasteiger charge is -2.34. The second-order valence-electron chi connectivity index (χ2n) is 8.13. The minimum Gasteiger partial charge on any atom is -0.321 e. The van der Waals surface area contributed by atoms with E-state index >= 15 is 0 Å². The highest BCUT2D eigenvalue weighted by molar-refractivity contribution is 5.94. The molecule has 30 heavy (non-hydrogen) atoms. The molecule has 1 fully saturated rings. The van der Waals surface area contributed by atoms with Crippen molar-refractivity contribution in [1.82, 2.24) is 0 Å².